The summed E-state index contributed by atoms with van der Waals surface area (Å²) in [6.45, 7) is 5.35. The van der Waals surface area contributed by atoms with E-state index in [-0.39, 0.29) is 4.90 Å². The number of sulfonamides is 1. The number of hydrogen-bond donors (Lipinski definition) is 2. The van der Waals surface area contributed by atoms with E-state index in [1.165, 1.54) is 6.07 Å². The van der Waals surface area contributed by atoms with Gasteiger partial charge >= 0.3 is 0 Å². The molecule has 0 radical (unpaired) electrons. The van der Waals surface area contributed by atoms with Crippen molar-refractivity contribution in [2.45, 2.75) is 25.7 Å². The number of benzene rings is 1. The van der Waals surface area contributed by atoms with Gasteiger partial charge in [0.05, 0.1) is 16.3 Å². The van der Waals surface area contributed by atoms with Crippen LogP contribution in [0.25, 0.3) is 0 Å². The van der Waals surface area contributed by atoms with Crippen molar-refractivity contribution < 1.29 is 8.42 Å². The van der Waals surface area contributed by atoms with Gasteiger partial charge in [-0.15, -0.1) is 0 Å². The largest absolute Gasteiger partial charge is 0.399 e. The highest BCUT2D eigenvalue weighted by atomic mass is 32.2. The number of hydrogen-bond acceptors (Lipinski definition) is 4. The van der Waals surface area contributed by atoms with Gasteiger partial charge in [-0.05, 0) is 50.6 Å². The Bertz CT molecular complexity index is 755. The predicted molar refractivity (Wildman–Crippen MR) is 80.1 cm³/mol. The highest BCUT2D eigenvalue weighted by Gasteiger charge is 2.18. The van der Waals surface area contributed by atoms with Crippen LogP contribution in [0.1, 0.15) is 17.0 Å². The van der Waals surface area contributed by atoms with E-state index in [4.69, 9.17) is 5.73 Å². The molecule has 0 fully saturated rings. The zero-order chi connectivity index (χ0) is 14.9. The van der Waals surface area contributed by atoms with Crippen molar-refractivity contribution in [3.63, 3.8) is 0 Å². The van der Waals surface area contributed by atoms with Crippen LogP contribution in [0.4, 0.5) is 11.4 Å². The molecule has 0 bridgehead atoms. The third-order valence-corrected chi connectivity index (χ3v) is 4.48. The zero-order valence-corrected chi connectivity index (χ0v) is 12.5. The monoisotopic (exact) mass is 291 g/mol. The van der Waals surface area contributed by atoms with E-state index in [9.17, 15) is 8.42 Å². The summed E-state index contributed by atoms with van der Waals surface area (Å²) >= 11 is 0. The normalized spacial score (nSPS) is 11.3. The molecule has 0 amide bonds. The summed E-state index contributed by atoms with van der Waals surface area (Å²) in [5.74, 6) is 0. The Balaban J connectivity index is 2.43. The van der Waals surface area contributed by atoms with Gasteiger partial charge in [-0.3, -0.25) is 9.71 Å². The van der Waals surface area contributed by atoms with Crippen LogP contribution < -0.4 is 10.5 Å². The molecule has 6 heteroatoms. The fraction of sp³-hybridized carbons (Fsp3) is 0.214. The SMILES string of the molecule is Cc1ccc(NS(=O)(=O)c2cc(N)ccc2C)c(C)n1. The van der Waals surface area contributed by atoms with E-state index in [0.29, 0.717) is 22.6 Å². The van der Waals surface area contributed by atoms with Crippen LogP contribution in [-0.2, 0) is 10.0 Å². The maximum atomic E-state index is 12.4. The lowest BCUT2D eigenvalue weighted by molar-refractivity contribution is 0.600. The Morgan fingerprint density at radius 3 is 2.45 bits per heavy atom. The molecule has 3 N–H and O–H groups in total. The molecule has 0 atom stereocenters. The minimum Gasteiger partial charge on any atom is -0.399 e. The van der Waals surface area contributed by atoms with Gasteiger partial charge in [0.2, 0.25) is 0 Å². The van der Waals surface area contributed by atoms with E-state index in [2.05, 4.69) is 9.71 Å². The lowest BCUT2D eigenvalue weighted by Crippen LogP contribution is -2.15. The van der Waals surface area contributed by atoms with Gasteiger partial charge in [0, 0.05) is 11.4 Å². The molecule has 20 heavy (non-hydrogen) atoms. The average Bonchev–Trinajstić information content (AvgIpc) is 2.35. The first-order valence-electron chi connectivity index (χ1n) is 6.13. The number of pyridine rings is 1. The number of nitrogen functional groups attached to an aromatic ring is 1. The van der Waals surface area contributed by atoms with Crippen molar-refractivity contribution in [3.05, 3.63) is 47.3 Å². The predicted octanol–water partition coefficient (Wildman–Crippen LogP) is 2.39. The number of nitrogens with one attached hydrogen (secondary N) is 1. The molecule has 0 spiro atoms. The van der Waals surface area contributed by atoms with E-state index in [1.807, 2.05) is 6.92 Å². The van der Waals surface area contributed by atoms with Gasteiger partial charge in [-0.2, -0.15) is 0 Å². The van der Waals surface area contributed by atoms with Gasteiger partial charge in [0.1, 0.15) is 0 Å². The Kier molecular flexibility index (Phi) is 3.67. The molecule has 0 unspecified atom stereocenters. The second-order valence-electron chi connectivity index (χ2n) is 4.72. The fourth-order valence-corrected chi connectivity index (χ4v) is 3.30. The topological polar surface area (TPSA) is 85.1 Å². The summed E-state index contributed by atoms with van der Waals surface area (Å²) in [7, 11) is -3.67. The fourth-order valence-electron chi connectivity index (χ4n) is 1.90. The molecule has 1 aromatic carbocycles. The lowest BCUT2D eigenvalue weighted by atomic mass is 10.2. The highest BCUT2D eigenvalue weighted by Crippen LogP contribution is 2.22. The molecule has 0 saturated carbocycles. The molecule has 1 aromatic heterocycles. The van der Waals surface area contributed by atoms with Gasteiger partial charge in [0.25, 0.3) is 10.0 Å². The summed E-state index contributed by atoms with van der Waals surface area (Å²) in [6.07, 6.45) is 0. The van der Waals surface area contributed by atoms with Crippen molar-refractivity contribution in [1.82, 2.24) is 4.98 Å². The molecular weight excluding hydrogens is 274 g/mol. The Morgan fingerprint density at radius 2 is 1.80 bits per heavy atom. The van der Waals surface area contributed by atoms with Crippen molar-refractivity contribution in [3.8, 4) is 0 Å². The molecule has 0 saturated heterocycles. The molecule has 5 nitrogen and oxygen atoms in total. The van der Waals surface area contributed by atoms with Gasteiger partial charge in [-0.25, -0.2) is 8.42 Å². The summed E-state index contributed by atoms with van der Waals surface area (Å²) in [5.41, 5.74) is 8.66. The standard InChI is InChI=1S/C14H17N3O2S/c1-9-4-6-12(15)8-14(9)20(18,19)17-13-7-5-10(2)16-11(13)3/h4-8,17H,15H2,1-3H3. The van der Waals surface area contributed by atoms with Crippen LogP contribution in [0.5, 0.6) is 0 Å². The highest BCUT2D eigenvalue weighted by molar-refractivity contribution is 7.92. The number of aryl methyl sites for hydroxylation is 3. The molecule has 2 rings (SSSR count). The second kappa shape index (κ2) is 5.13. The number of nitrogens with two attached hydrogens (primary N) is 1. The molecule has 0 aliphatic heterocycles. The number of aromatic nitrogens is 1. The van der Waals surface area contributed by atoms with Crippen molar-refractivity contribution in [1.29, 1.82) is 0 Å². The van der Waals surface area contributed by atoms with E-state index in [1.54, 1.807) is 38.1 Å². The summed E-state index contributed by atoms with van der Waals surface area (Å²) in [5, 5.41) is 0. The second-order valence-corrected chi connectivity index (χ2v) is 6.37. The summed E-state index contributed by atoms with van der Waals surface area (Å²) in [4.78, 5) is 4.42. The number of anilines is 2. The molecular formula is C14H17N3O2S. The Labute approximate surface area is 118 Å². The third kappa shape index (κ3) is 2.91. The van der Waals surface area contributed by atoms with Crippen LogP contribution in [0.3, 0.4) is 0 Å². The Morgan fingerprint density at radius 1 is 1.10 bits per heavy atom. The van der Waals surface area contributed by atoms with Crippen LogP contribution in [-0.4, -0.2) is 13.4 Å². The van der Waals surface area contributed by atoms with Crippen LogP contribution in [0.2, 0.25) is 0 Å². The van der Waals surface area contributed by atoms with E-state index >= 15 is 0 Å². The first-order chi connectivity index (χ1) is 9.29. The molecule has 0 aliphatic carbocycles. The maximum Gasteiger partial charge on any atom is 0.262 e. The van der Waals surface area contributed by atoms with Crippen molar-refractivity contribution in [2.75, 3.05) is 10.5 Å². The van der Waals surface area contributed by atoms with Gasteiger partial charge in [-0.1, -0.05) is 6.07 Å². The maximum absolute atomic E-state index is 12.4. The average molecular weight is 291 g/mol. The minimum absolute atomic E-state index is 0.178. The van der Waals surface area contributed by atoms with E-state index < -0.39 is 10.0 Å². The van der Waals surface area contributed by atoms with Gasteiger partial charge < -0.3 is 5.73 Å². The van der Waals surface area contributed by atoms with Crippen LogP contribution in [0.15, 0.2) is 35.2 Å². The molecule has 1 heterocycles. The smallest absolute Gasteiger partial charge is 0.262 e. The van der Waals surface area contributed by atoms with Crippen LogP contribution >= 0.6 is 0 Å². The summed E-state index contributed by atoms with van der Waals surface area (Å²) < 4.78 is 27.4. The number of rotatable bonds is 3. The molecule has 2 aromatic rings. The molecule has 106 valence electrons. The summed E-state index contributed by atoms with van der Waals surface area (Å²) in [6, 6.07) is 8.28. The zero-order valence-electron chi connectivity index (χ0n) is 11.6. The third-order valence-electron chi connectivity index (χ3n) is 2.97. The van der Waals surface area contributed by atoms with Crippen LogP contribution in [0, 0.1) is 20.8 Å². The first-order valence-corrected chi connectivity index (χ1v) is 7.61. The number of nitrogens with zero attached hydrogens (tertiary/aromatic N) is 1. The Hall–Kier alpha value is -2.08. The quantitative estimate of drug-likeness (QED) is 0.850. The lowest BCUT2D eigenvalue weighted by Gasteiger charge is -2.12. The van der Waals surface area contributed by atoms with Crippen molar-refractivity contribution >= 4 is 21.4 Å². The van der Waals surface area contributed by atoms with Crippen molar-refractivity contribution in [2.24, 2.45) is 0 Å². The first kappa shape index (κ1) is 14.3. The minimum atomic E-state index is -3.67. The van der Waals surface area contributed by atoms with E-state index in [0.717, 1.165) is 5.69 Å². The van der Waals surface area contributed by atoms with Gasteiger partial charge in [0.15, 0.2) is 0 Å². The molecule has 0 aliphatic rings.